The van der Waals surface area contributed by atoms with Gasteiger partial charge in [-0.1, -0.05) is 96.8 Å². The molecule has 1 heterocycles. The third-order valence-corrected chi connectivity index (χ3v) is 7.65. The van der Waals surface area contributed by atoms with Crippen LogP contribution in [0.4, 0.5) is 0 Å². The van der Waals surface area contributed by atoms with E-state index in [4.69, 9.17) is 0 Å². The predicted octanol–water partition coefficient (Wildman–Crippen LogP) is 3.80. The molecule has 1 unspecified atom stereocenters. The first kappa shape index (κ1) is 34.2. The van der Waals surface area contributed by atoms with Crippen LogP contribution in [-0.2, 0) is 9.59 Å². The maximum absolute atomic E-state index is 12.1. The van der Waals surface area contributed by atoms with Gasteiger partial charge in [-0.05, 0) is 19.8 Å². The minimum Gasteiger partial charge on any atom is -1.00 e. The van der Waals surface area contributed by atoms with Crippen molar-refractivity contribution in [1.29, 1.82) is 0 Å². The number of carbonyl (C=O) groups is 2. The van der Waals surface area contributed by atoms with Crippen LogP contribution in [-0.4, -0.2) is 61.1 Å². The first-order valence-corrected chi connectivity index (χ1v) is 14.9. The van der Waals surface area contributed by atoms with Gasteiger partial charge in [-0.25, -0.2) is 0 Å². The molecule has 0 aromatic carbocycles. The van der Waals surface area contributed by atoms with E-state index in [0.717, 1.165) is 56.6 Å². The molecular formula is C29H58ClN3O2. The molecule has 1 aliphatic heterocycles. The second-order valence-corrected chi connectivity index (χ2v) is 11.0. The largest absolute Gasteiger partial charge is 1.00 e. The molecule has 0 radical (unpaired) electrons. The van der Waals surface area contributed by atoms with E-state index in [-0.39, 0.29) is 18.3 Å². The van der Waals surface area contributed by atoms with Crippen molar-refractivity contribution in [1.82, 2.24) is 10.2 Å². The Morgan fingerprint density at radius 1 is 0.829 bits per heavy atom. The molecule has 1 aliphatic rings. The number of hydrogen-bond donors (Lipinski definition) is 1. The second kappa shape index (κ2) is 22.4. The van der Waals surface area contributed by atoms with E-state index < -0.39 is 0 Å². The molecule has 6 heteroatoms. The van der Waals surface area contributed by atoms with E-state index in [9.17, 15) is 9.59 Å². The molecule has 1 fully saturated rings. The lowest BCUT2D eigenvalue weighted by Crippen LogP contribution is -3.00. The van der Waals surface area contributed by atoms with Crippen LogP contribution in [0.15, 0.2) is 0 Å². The van der Waals surface area contributed by atoms with Crippen LogP contribution in [0.3, 0.4) is 0 Å². The first-order chi connectivity index (χ1) is 16.5. The third-order valence-electron chi connectivity index (χ3n) is 7.65. The number of hydrogen-bond acceptors (Lipinski definition) is 2. The molecule has 0 saturated carbocycles. The number of quaternary nitrogens is 1. The summed E-state index contributed by atoms with van der Waals surface area (Å²) in [7, 11) is 2.23. The molecule has 1 N–H and O–H groups in total. The number of halogens is 1. The van der Waals surface area contributed by atoms with Crippen LogP contribution < -0.4 is 17.7 Å². The van der Waals surface area contributed by atoms with E-state index in [0.29, 0.717) is 18.7 Å². The average molecular weight is 516 g/mol. The van der Waals surface area contributed by atoms with Gasteiger partial charge >= 0.3 is 0 Å². The number of rotatable bonds is 23. The smallest absolute Gasteiger partial charge is 0.226 e. The van der Waals surface area contributed by atoms with Crippen LogP contribution in [0.2, 0.25) is 0 Å². The maximum Gasteiger partial charge on any atom is 0.226 e. The zero-order valence-corrected chi connectivity index (χ0v) is 24.3. The SMILES string of the molecule is CCCCCCCCCCCCCCCCCC(=O)NCCC[N+](C)(CC)CN1CCCC1=O.[Cl-]. The summed E-state index contributed by atoms with van der Waals surface area (Å²) in [4.78, 5) is 26.1. The van der Waals surface area contributed by atoms with Crippen molar-refractivity contribution in [2.45, 2.75) is 136 Å². The van der Waals surface area contributed by atoms with E-state index in [1.807, 2.05) is 4.90 Å². The number of likely N-dealkylation sites (tertiary alicyclic amines) is 1. The highest BCUT2D eigenvalue weighted by Crippen LogP contribution is 2.15. The van der Waals surface area contributed by atoms with E-state index in [1.165, 1.54) is 89.9 Å². The number of nitrogens with one attached hydrogen (secondary N) is 1. The standard InChI is InChI=1S/C29H57N3O2.ClH/c1-4-6-7-8-9-10-11-12-13-14-15-16-17-18-19-22-28(33)30-24-21-26-32(3,5-2)27-31-25-20-23-29(31)34;/h4-27H2,1-3H3;1H. The fraction of sp³-hybridized carbons (Fsp3) is 0.931. The fourth-order valence-electron chi connectivity index (χ4n) is 5.03. The summed E-state index contributed by atoms with van der Waals surface area (Å²) in [6, 6.07) is 0. The minimum atomic E-state index is 0. The fourth-order valence-corrected chi connectivity index (χ4v) is 5.03. The summed E-state index contributed by atoms with van der Waals surface area (Å²) in [6.07, 6.45) is 23.6. The zero-order valence-electron chi connectivity index (χ0n) is 23.6. The van der Waals surface area contributed by atoms with Crippen molar-refractivity contribution >= 4 is 11.8 Å². The number of nitrogens with zero attached hydrogens (tertiary/aromatic N) is 2. The van der Waals surface area contributed by atoms with Gasteiger partial charge in [0.25, 0.3) is 0 Å². The summed E-state index contributed by atoms with van der Waals surface area (Å²) in [5, 5.41) is 3.10. The van der Waals surface area contributed by atoms with Gasteiger partial charge in [0.1, 0.15) is 0 Å². The van der Waals surface area contributed by atoms with Crippen LogP contribution >= 0.6 is 0 Å². The molecule has 0 bridgehead atoms. The number of amides is 2. The van der Waals surface area contributed by atoms with Gasteiger partial charge in [-0.15, -0.1) is 0 Å². The Bertz CT molecular complexity index is 532. The zero-order chi connectivity index (χ0) is 24.9. The van der Waals surface area contributed by atoms with E-state index >= 15 is 0 Å². The lowest BCUT2D eigenvalue weighted by molar-refractivity contribution is -0.916. The Kier molecular flexibility index (Phi) is 21.9. The molecule has 1 saturated heterocycles. The molecular weight excluding hydrogens is 458 g/mol. The van der Waals surface area contributed by atoms with Gasteiger partial charge in [-0.3, -0.25) is 14.5 Å². The van der Waals surface area contributed by atoms with E-state index in [2.05, 4.69) is 26.2 Å². The monoisotopic (exact) mass is 515 g/mol. The quantitative estimate of drug-likeness (QED) is 0.166. The molecule has 1 atom stereocenters. The maximum atomic E-state index is 12.1. The number of carbonyl (C=O) groups excluding carboxylic acids is 2. The highest BCUT2D eigenvalue weighted by molar-refractivity contribution is 5.77. The van der Waals surface area contributed by atoms with Gasteiger partial charge in [0, 0.05) is 32.4 Å². The molecule has 0 aliphatic carbocycles. The first-order valence-electron chi connectivity index (χ1n) is 14.9. The molecule has 1 rings (SSSR count). The van der Waals surface area contributed by atoms with Crippen LogP contribution in [0.25, 0.3) is 0 Å². The predicted molar refractivity (Wildman–Crippen MR) is 145 cm³/mol. The van der Waals surface area contributed by atoms with Crippen molar-refractivity contribution in [3.8, 4) is 0 Å². The Hall–Kier alpha value is -0.810. The summed E-state index contributed by atoms with van der Waals surface area (Å²) in [5.74, 6) is 0.504. The van der Waals surface area contributed by atoms with Crippen molar-refractivity contribution in [3.05, 3.63) is 0 Å². The summed E-state index contributed by atoms with van der Waals surface area (Å²) < 4.78 is 0.876. The lowest BCUT2D eigenvalue weighted by atomic mass is 10.0. The highest BCUT2D eigenvalue weighted by Gasteiger charge is 2.28. The van der Waals surface area contributed by atoms with Crippen molar-refractivity contribution in [2.75, 3.05) is 39.9 Å². The molecule has 35 heavy (non-hydrogen) atoms. The third kappa shape index (κ3) is 18.1. The molecule has 2 amide bonds. The lowest BCUT2D eigenvalue weighted by Gasteiger charge is -2.36. The van der Waals surface area contributed by atoms with E-state index in [1.54, 1.807) is 0 Å². The average Bonchev–Trinajstić information content (AvgIpc) is 3.23. The van der Waals surface area contributed by atoms with Crippen LogP contribution in [0.1, 0.15) is 136 Å². The number of unbranched alkanes of at least 4 members (excludes halogenated alkanes) is 14. The van der Waals surface area contributed by atoms with Gasteiger partial charge in [-0.2, -0.15) is 0 Å². The van der Waals surface area contributed by atoms with Gasteiger partial charge in [0.15, 0.2) is 6.67 Å². The van der Waals surface area contributed by atoms with Crippen LogP contribution in [0, 0.1) is 0 Å². The molecule has 5 nitrogen and oxygen atoms in total. The van der Waals surface area contributed by atoms with Crippen molar-refractivity contribution in [3.63, 3.8) is 0 Å². The molecule has 0 spiro atoms. The van der Waals surface area contributed by atoms with Gasteiger partial charge < -0.3 is 22.2 Å². The van der Waals surface area contributed by atoms with Gasteiger partial charge in [0.2, 0.25) is 11.8 Å². The molecule has 0 aromatic rings. The summed E-state index contributed by atoms with van der Waals surface area (Å²) in [5.41, 5.74) is 0. The van der Waals surface area contributed by atoms with Gasteiger partial charge in [0.05, 0.1) is 20.1 Å². The molecule has 0 aromatic heterocycles. The topological polar surface area (TPSA) is 49.4 Å². The Morgan fingerprint density at radius 3 is 1.80 bits per heavy atom. The van der Waals surface area contributed by atoms with Crippen molar-refractivity contribution < 1.29 is 26.5 Å². The Morgan fingerprint density at radius 2 is 1.34 bits per heavy atom. The normalized spacial score (nSPS) is 15.2. The Labute approximate surface area is 224 Å². The second-order valence-electron chi connectivity index (χ2n) is 11.0. The van der Waals surface area contributed by atoms with Crippen molar-refractivity contribution in [2.24, 2.45) is 0 Å². The minimum absolute atomic E-state index is 0. The van der Waals surface area contributed by atoms with Crippen LogP contribution in [0.5, 0.6) is 0 Å². The summed E-state index contributed by atoms with van der Waals surface area (Å²) in [6.45, 7) is 8.94. The summed E-state index contributed by atoms with van der Waals surface area (Å²) >= 11 is 0. The highest BCUT2D eigenvalue weighted by atomic mass is 35.5. The molecule has 208 valence electrons. The Balaban J connectivity index is 0.0000116.